The Morgan fingerprint density at radius 1 is 1.13 bits per heavy atom. The van der Waals surface area contributed by atoms with E-state index in [0.717, 1.165) is 0 Å². The van der Waals surface area contributed by atoms with Crippen molar-refractivity contribution < 1.29 is 14.3 Å². The Morgan fingerprint density at radius 2 is 1.90 bits per heavy atom. The lowest BCUT2D eigenvalue weighted by molar-refractivity contribution is -0.114. The number of hydrogen-bond acceptors (Lipinski definition) is 6. The number of hydrogen-bond donors (Lipinski definition) is 3. The fourth-order valence-corrected chi connectivity index (χ4v) is 3.27. The number of para-hydroxylation sites is 2. The average Bonchev–Trinajstić information content (AvgIpc) is 3.08. The Balaban J connectivity index is 2.01. The van der Waals surface area contributed by atoms with E-state index in [1.54, 1.807) is 48.5 Å². The number of aromatic amines is 1. The van der Waals surface area contributed by atoms with Crippen LogP contribution in [-0.4, -0.2) is 38.4 Å². The van der Waals surface area contributed by atoms with Crippen LogP contribution in [0.25, 0.3) is 28.2 Å². The predicted octanol–water partition coefficient (Wildman–Crippen LogP) is 1.84. The lowest BCUT2D eigenvalue weighted by atomic mass is 10.1. The summed E-state index contributed by atoms with van der Waals surface area (Å²) in [5.74, 6) is -0.447. The maximum atomic E-state index is 12.8. The third-order valence-electron chi connectivity index (χ3n) is 4.54. The highest BCUT2D eigenvalue weighted by Crippen LogP contribution is 2.27. The third kappa shape index (κ3) is 3.62. The molecule has 0 fully saturated rings. The fraction of sp³-hybridized carbons (Fsp3) is 0.0952. The summed E-state index contributed by atoms with van der Waals surface area (Å²) in [7, 11) is 1.49. The van der Waals surface area contributed by atoms with E-state index < -0.39 is 11.6 Å². The number of carbonyl (C=O) groups excluding carboxylic acids is 2. The van der Waals surface area contributed by atoms with Crippen molar-refractivity contribution in [1.82, 2.24) is 19.5 Å². The minimum atomic E-state index is -0.819. The van der Waals surface area contributed by atoms with Crippen LogP contribution in [0, 0.1) is 0 Å². The summed E-state index contributed by atoms with van der Waals surface area (Å²) in [6, 6.07) is 13.7. The maximum Gasteiger partial charge on any atom is 0.332 e. The summed E-state index contributed by atoms with van der Waals surface area (Å²) in [6.45, 7) is 1.40. The number of fused-ring (bicyclic) bond motifs is 1. The van der Waals surface area contributed by atoms with Gasteiger partial charge >= 0.3 is 5.69 Å². The number of amides is 2. The first kappa shape index (κ1) is 19.8. The van der Waals surface area contributed by atoms with Crippen molar-refractivity contribution in [2.45, 2.75) is 6.92 Å². The Kier molecular flexibility index (Phi) is 4.96. The molecule has 2 aromatic heterocycles. The van der Waals surface area contributed by atoms with E-state index in [-0.39, 0.29) is 28.6 Å². The number of carbonyl (C=O) groups is 2. The quantitative estimate of drug-likeness (QED) is 0.451. The number of ether oxygens (including phenoxy) is 1. The normalized spacial score (nSPS) is 10.8. The standard InChI is InChI=1S/C21H18N6O4/c1-11(28)23-13-7-5-6-12(10-13)19-24-16(18(22)29)17-20(26-19)27(21(30)25-17)14-8-3-4-9-15(14)31-2/h3-10H,1-2H3,(H2,22,29)(H,23,28)(H,25,30). The predicted molar refractivity (Wildman–Crippen MR) is 114 cm³/mol. The molecule has 4 rings (SSSR count). The monoisotopic (exact) mass is 418 g/mol. The van der Waals surface area contributed by atoms with E-state index in [4.69, 9.17) is 10.5 Å². The number of nitrogens with one attached hydrogen (secondary N) is 2. The van der Waals surface area contributed by atoms with E-state index in [1.807, 2.05) is 0 Å². The molecule has 4 N–H and O–H groups in total. The van der Waals surface area contributed by atoms with Crippen LogP contribution in [0.3, 0.4) is 0 Å². The summed E-state index contributed by atoms with van der Waals surface area (Å²) in [4.78, 5) is 47.7. The van der Waals surface area contributed by atoms with Crippen LogP contribution in [0.4, 0.5) is 5.69 Å². The van der Waals surface area contributed by atoms with Crippen molar-refractivity contribution in [3.05, 3.63) is 64.7 Å². The Morgan fingerprint density at radius 3 is 2.61 bits per heavy atom. The number of rotatable bonds is 5. The molecule has 0 radical (unpaired) electrons. The largest absolute Gasteiger partial charge is 0.495 e. The third-order valence-corrected chi connectivity index (χ3v) is 4.54. The molecule has 0 bridgehead atoms. The number of methoxy groups -OCH3 is 1. The topological polar surface area (TPSA) is 145 Å². The lowest BCUT2D eigenvalue weighted by Gasteiger charge is -2.10. The fourth-order valence-electron chi connectivity index (χ4n) is 3.27. The molecule has 2 heterocycles. The van der Waals surface area contributed by atoms with Crippen LogP contribution in [-0.2, 0) is 4.79 Å². The van der Waals surface area contributed by atoms with Gasteiger partial charge in [0.25, 0.3) is 5.91 Å². The molecule has 0 aliphatic carbocycles. The molecule has 0 atom stereocenters. The molecule has 4 aromatic rings. The molecule has 10 nitrogen and oxygen atoms in total. The molecule has 0 aliphatic rings. The van der Waals surface area contributed by atoms with Crippen molar-refractivity contribution in [2.24, 2.45) is 5.73 Å². The maximum absolute atomic E-state index is 12.8. The van der Waals surface area contributed by atoms with E-state index >= 15 is 0 Å². The molecule has 2 aromatic carbocycles. The van der Waals surface area contributed by atoms with Crippen LogP contribution < -0.4 is 21.5 Å². The minimum absolute atomic E-state index is 0.116. The van der Waals surface area contributed by atoms with Crippen LogP contribution in [0.5, 0.6) is 5.75 Å². The molecule has 0 spiro atoms. The second-order valence-electron chi connectivity index (χ2n) is 6.66. The molecule has 0 saturated carbocycles. The number of benzene rings is 2. The zero-order chi connectivity index (χ0) is 22.1. The van der Waals surface area contributed by atoms with Crippen molar-refractivity contribution in [1.29, 1.82) is 0 Å². The van der Waals surface area contributed by atoms with Gasteiger partial charge < -0.3 is 20.8 Å². The SMILES string of the molecule is COc1ccccc1-n1c(=O)[nH]c2c(C(N)=O)nc(-c3cccc(NC(C)=O)c3)nc21. The van der Waals surface area contributed by atoms with Crippen molar-refractivity contribution in [2.75, 3.05) is 12.4 Å². The van der Waals surface area contributed by atoms with E-state index in [0.29, 0.717) is 22.7 Å². The molecule has 2 amide bonds. The van der Waals surface area contributed by atoms with Gasteiger partial charge in [-0.1, -0.05) is 24.3 Å². The number of primary amides is 1. The van der Waals surface area contributed by atoms with Crippen molar-refractivity contribution in [3.63, 3.8) is 0 Å². The highest BCUT2D eigenvalue weighted by Gasteiger charge is 2.21. The number of anilines is 1. The van der Waals surface area contributed by atoms with Crippen molar-refractivity contribution in [3.8, 4) is 22.8 Å². The smallest absolute Gasteiger partial charge is 0.332 e. The Labute approximate surface area is 175 Å². The van der Waals surface area contributed by atoms with Gasteiger partial charge in [0.15, 0.2) is 17.2 Å². The number of nitrogens with zero attached hydrogens (tertiary/aromatic N) is 3. The second-order valence-corrected chi connectivity index (χ2v) is 6.66. The van der Waals surface area contributed by atoms with Gasteiger partial charge in [-0.3, -0.25) is 9.59 Å². The first-order chi connectivity index (χ1) is 14.9. The van der Waals surface area contributed by atoms with E-state index in [2.05, 4.69) is 20.3 Å². The summed E-state index contributed by atoms with van der Waals surface area (Å²) in [6.07, 6.45) is 0. The Hall–Kier alpha value is -4.47. The highest BCUT2D eigenvalue weighted by molar-refractivity contribution is 6.02. The summed E-state index contributed by atoms with van der Waals surface area (Å²) < 4.78 is 6.66. The van der Waals surface area contributed by atoms with Crippen LogP contribution in [0.2, 0.25) is 0 Å². The summed E-state index contributed by atoms with van der Waals surface area (Å²) >= 11 is 0. The lowest BCUT2D eigenvalue weighted by Crippen LogP contribution is -2.16. The molecule has 0 saturated heterocycles. The Bertz CT molecular complexity index is 1390. The first-order valence-electron chi connectivity index (χ1n) is 9.23. The number of H-pyrrole nitrogens is 1. The molecule has 10 heteroatoms. The van der Waals surface area contributed by atoms with Gasteiger partial charge in [0.2, 0.25) is 5.91 Å². The minimum Gasteiger partial charge on any atom is -0.495 e. The molecular formula is C21H18N6O4. The van der Waals surface area contributed by atoms with Crippen LogP contribution in [0.15, 0.2) is 53.3 Å². The zero-order valence-corrected chi connectivity index (χ0v) is 16.7. The average molecular weight is 418 g/mol. The van der Waals surface area contributed by atoms with Crippen LogP contribution in [0.1, 0.15) is 17.4 Å². The molecular weight excluding hydrogens is 400 g/mol. The number of aromatic nitrogens is 4. The van der Waals surface area contributed by atoms with Gasteiger partial charge in [0.1, 0.15) is 11.3 Å². The highest BCUT2D eigenvalue weighted by atomic mass is 16.5. The number of nitrogens with two attached hydrogens (primary N) is 1. The molecule has 0 aliphatic heterocycles. The van der Waals surface area contributed by atoms with Crippen molar-refractivity contribution >= 4 is 28.7 Å². The summed E-state index contributed by atoms with van der Waals surface area (Å²) in [5, 5.41) is 2.68. The van der Waals surface area contributed by atoms with Gasteiger partial charge in [0.05, 0.1) is 12.8 Å². The zero-order valence-electron chi connectivity index (χ0n) is 16.7. The van der Waals surface area contributed by atoms with E-state index in [9.17, 15) is 14.4 Å². The van der Waals surface area contributed by atoms with Gasteiger partial charge in [-0.2, -0.15) is 0 Å². The molecule has 0 unspecified atom stereocenters. The summed E-state index contributed by atoms with van der Waals surface area (Å²) in [5.41, 5.74) is 6.65. The van der Waals surface area contributed by atoms with Gasteiger partial charge in [0, 0.05) is 18.2 Å². The van der Waals surface area contributed by atoms with Gasteiger partial charge in [-0.05, 0) is 24.3 Å². The second kappa shape index (κ2) is 7.75. The molecule has 156 valence electrons. The van der Waals surface area contributed by atoms with Crippen LogP contribution >= 0.6 is 0 Å². The molecule has 31 heavy (non-hydrogen) atoms. The van der Waals surface area contributed by atoms with E-state index in [1.165, 1.54) is 18.6 Å². The number of imidazole rings is 1. The van der Waals surface area contributed by atoms with Gasteiger partial charge in [-0.15, -0.1) is 0 Å². The first-order valence-corrected chi connectivity index (χ1v) is 9.23. The van der Waals surface area contributed by atoms with Gasteiger partial charge in [-0.25, -0.2) is 19.3 Å².